The summed E-state index contributed by atoms with van der Waals surface area (Å²) in [6, 6.07) is 8.55. The van der Waals surface area contributed by atoms with Gasteiger partial charge in [-0.15, -0.1) is 0 Å². The lowest BCUT2D eigenvalue weighted by atomic mass is 10.1. The van der Waals surface area contributed by atoms with Gasteiger partial charge in [-0.3, -0.25) is 9.80 Å². The molecule has 0 aliphatic carbocycles. The van der Waals surface area contributed by atoms with Crippen molar-refractivity contribution in [3.8, 4) is 0 Å². The van der Waals surface area contributed by atoms with Crippen LogP contribution in [0.4, 0.5) is 5.69 Å². The van der Waals surface area contributed by atoms with Crippen molar-refractivity contribution in [1.29, 1.82) is 0 Å². The zero-order chi connectivity index (χ0) is 16.2. The molecule has 1 fully saturated rings. The standard InChI is InChI=1S/C16H19N3O3S/c17-15(20)14-8-13(16(21)22-7-6-11-9-23-10-11)18-19(14)12-4-2-1-3-5-12/h1-5,11,14H,6-10H2,(H2,17,20). The molecule has 1 saturated heterocycles. The van der Waals surface area contributed by atoms with Crippen molar-refractivity contribution in [3.63, 3.8) is 0 Å². The maximum atomic E-state index is 12.1. The lowest BCUT2D eigenvalue weighted by Crippen LogP contribution is -2.39. The molecule has 6 nitrogen and oxygen atoms in total. The van der Waals surface area contributed by atoms with Crippen LogP contribution in [0.3, 0.4) is 0 Å². The Kier molecular flexibility index (Phi) is 4.85. The van der Waals surface area contributed by atoms with E-state index >= 15 is 0 Å². The number of amides is 1. The number of esters is 1. The fourth-order valence-electron chi connectivity index (χ4n) is 2.53. The van der Waals surface area contributed by atoms with E-state index in [4.69, 9.17) is 10.5 Å². The molecule has 2 aliphatic heterocycles. The lowest BCUT2D eigenvalue weighted by Gasteiger charge is -2.24. The van der Waals surface area contributed by atoms with E-state index in [0.29, 0.717) is 12.5 Å². The Morgan fingerprint density at radius 2 is 2.04 bits per heavy atom. The van der Waals surface area contributed by atoms with Crippen LogP contribution in [0.1, 0.15) is 12.8 Å². The summed E-state index contributed by atoms with van der Waals surface area (Å²) >= 11 is 1.91. The number of nitrogens with two attached hydrogens (primary N) is 1. The molecule has 2 aliphatic rings. The van der Waals surface area contributed by atoms with Crippen LogP contribution in [-0.4, -0.2) is 41.7 Å². The molecule has 7 heteroatoms. The Bertz CT molecular complexity index is 616. The second-order valence-corrected chi connectivity index (χ2v) is 6.75. The monoisotopic (exact) mass is 333 g/mol. The number of rotatable bonds is 6. The number of hydrogen-bond donors (Lipinski definition) is 1. The Morgan fingerprint density at radius 3 is 2.65 bits per heavy atom. The van der Waals surface area contributed by atoms with E-state index in [0.717, 1.165) is 23.6 Å². The van der Waals surface area contributed by atoms with Gasteiger partial charge in [-0.1, -0.05) is 18.2 Å². The molecule has 23 heavy (non-hydrogen) atoms. The zero-order valence-electron chi connectivity index (χ0n) is 12.7. The minimum Gasteiger partial charge on any atom is -0.461 e. The number of primary amides is 1. The maximum absolute atomic E-state index is 12.1. The third-order valence-corrected chi connectivity index (χ3v) is 5.38. The van der Waals surface area contributed by atoms with Gasteiger partial charge in [-0.25, -0.2) is 4.79 Å². The topological polar surface area (TPSA) is 85.0 Å². The van der Waals surface area contributed by atoms with Crippen LogP contribution >= 0.6 is 11.8 Å². The molecule has 0 radical (unpaired) electrons. The SMILES string of the molecule is NC(=O)C1CC(C(=O)OCCC2CSC2)=NN1c1ccccc1. The smallest absolute Gasteiger partial charge is 0.354 e. The Morgan fingerprint density at radius 1 is 1.30 bits per heavy atom. The third kappa shape index (κ3) is 3.67. The molecule has 1 aromatic rings. The van der Waals surface area contributed by atoms with Gasteiger partial charge in [-0.05, 0) is 36.0 Å². The molecule has 0 aromatic heterocycles. The Labute approximate surface area is 139 Å². The number of anilines is 1. The molecule has 0 bridgehead atoms. The average molecular weight is 333 g/mol. The third-order valence-electron chi connectivity index (χ3n) is 3.96. The van der Waals surface area contributed by atoms with Crippen LogP contribution in [-0.2, 0) is 14.3 Å². The summed E-state index contributed by atoms with van der Waals surface area (Å²) in [5.41, 5.74) is 6.42. The highest BCUT2D eigenvalue weighted by Gasteiger charge is 2.35. The molecular weight excluding hydrogens is 314 g/mol. The molecule has 2 heterocycles. The molecule has 3 rings (SSSR count). The number of hydrazone groups is 1. The summed E-state index contributed by atoms with van der Waals surface area (Å²) in [5.74, 6) is 1.97. The summed E-state index contributed by atoms with van der Waals surface area (Å²) in [5, 5.41) is 5.76. The van der Waals surface area contributed by atoms with Gasteiger partial charge in [-0.2, -0.15) is 16.9 Å². The van der Waals surface area contributed by atoms with E-state index in [9.17, 15) is 9.59 Å². The van der Waals surface area contributed by atoms with E-state index in [1.54, 1.807) is 0 Å². The quantitative estimate of drug-likeness (QED) is 0.796. The zero-order valence-corrected chi connectivity index (χ0v) is 13.5. The van der Waals surface area contributed by atoms with Gasteiger partial charge in [0.2, 0.25) is 5.91 Å². The van der Waals surface area contributed by atoms with Gasteiger partial charge >= 0.3 is 5.97 Å². The van der Waals surface area contributed by atoms with E-state index < -0.39 is 17.9 Å². The predicted molar refractivity (Wildman–Crippen MR) is 90.3 cm³/mol. The number of ether oxygens (including phenoxy) is 1. The molecule has 0 spiro atoms. The van der Waals surface area contributed by atoms with E-state index in [1.807, 2.05) is 42.1 Å². The molecule has 1 unspecified atom stereocenters. The van der Waals surface area contributed by atoms with Gasteiger partial charge in [0.1, 0.15) is 11.8 Å². The second kappa shape index (κ2) is 7.04. The fraction of sp³-hybridized carbons (Fsp3) is 0.438. The van der Waals surface area contributed by atoms with E-state index in [1.165, 1.54) is 5.01 Å². The molecule has 1 amide bonds. The van der Waals surface area contributed by atoms with Crippen molar-refractivity contribution in [2.45, 2.75) is 18.9 Å². The van der Waals surface area contributed by atoms with Crippen molar-refractivity contribution in [2.75, 3.05) is 23.1 Å². The highest BCUT2D eigenvalue weighted by Crippen LogP contribution is 2.27. The van der Waals surface area contributed by atoms with Crippen LogP contribution < -0.4 is 10.7 Å². The second-order valence-electron chi connectivity index (χ2n) is 5.68. The molecule has 2 N–H and O–H groups in total. The minimum absolute atomic E-state index is 0.183. The highest BCUT2D eigenvalue weighted by atomic mass is 32.2. The first kappa shape index (κ1) is 15.9. The first-order chi connectivity index (χ1) is 11.1. The molecule has 122 valence electrons. The fourth-order valence-corrected chi connectivity index (χ4v) is 3.43. The van der Waals surface area contributed by atoms with Gasteiger partial charge in [0, 0.05) is 6.42 Å². The number of hydrogen-bond acceptors (Lipinski definition) is 6. The molecule has 1 aromatic carbocycles. The van der Waals surface area contributed by atoms with Gasteiger partial charge in [0.05, 0.1) is 12.3 Å². The van der Waals surface area contributed by atoms with Crippen LogP contribution in [0.2, 0.25) is 0 Å². The summed E-state index contributed by atoms with van der Waals surface area (Å²) < 4.78 is 5.29. The first-order valence-corrected chi connectivity index (χ1v) is 8.76. The van der Waals surface area contributed by atoms with Crippen LogP contribution in [0.5, 0.6) is 0 Å². The number of nitrogens with zero attached hydrogens (tertiary/aromatic N) is 2. The van der Waals surface area contributed by atoms with Crippen molar-refractivity contribution >= 4 is 35.0 Å². The highest BCUT2D eigenvalue weighted by molar-refractivity contribution is 8.00. The lowest BCUT2D eigenvalue weighted by molar-refractivity contribution is -0.135. The minimum atomic E-state index is -0.650. The largest absolute Gasteiger partial charge is 0.461 e. The first-order valence-electron chi connectivity index (χ1n) is 7.61. The predicted octanol–water partition coefficient (Wildman–Crippen LogP) is 1.40. The number of carbonyl (C=O) groups excluding carboxylic acids is 2. The Balaban J connectivity index is 1.64. The summed E-state index contributed by atoms with van der Waals surface area (Å²) in [4.78, 5) is 23.8. The number of benzene rings is 1. The van der Waals surface area contributed by atoms with Gasteiger partial charge in [0.15, 0.2) is 0 Å². The van der Waals surface area contributed by atoms with E-state index in [-0.39, 0.29) is 12.1 Å². The van der Waals surface area contributed by atoms with Crippen LogP contribution in [0.25, 0.3) is 0 Å². The van der Waals surface area contributed by atoms with E-state index in [2.05, 4.69) is 5.10 Å². The summed E-state index contributed by atoms with van der Waals surface area (Å²) in [7, 11) is 0. The molecule has 0 saturated carbocycles. The molecule has 1 atom stereocenters. The number of para-hydroxylation sites is 1. The maximum Gasteiger partial charge on any atom is 0.354 e. The number of thioether (sulfide) groups is 1. The van der Waals surface area contributed by atoms with Crippen molar-refractivity contribution < 1.29 is 14.3 Å². The Hall–Kier alpha value is -2.02. The number of carbonyl (C=O) groups is 2. The van der Waals surface area contributed by atoms with Gasteiger partial charge < -0.3 is 10.5 Å². The van der Waals surface area contributed by atoms with Crippen molar-refractivity contribution in [1.82, 2.24) is 0 Å². The van der Waals surface area contributed by atoms with Gasteiger partial charge in [0.25, 0.3) is 0 Å². The van der Waals surface area contributed by atoms with Crippen molar-refractivity contribution in [3.05, 3.63) is 30.3 Å². The summed E-state index contributed by atoms with van der Waals surface area (Å²) in [6.45, 7) is 0.398. The van der Waals surface area contributed by atoms with Crippen molar-refractivity contribution in [2.24, 2.45) is 16.8 Å². The summed E-state index contributed by atoms with van der Waals surface area (Å²) in [6.07, 6.45) is 1.07. The van der Waals surface area contributed by atoms with Crippen LogP contribution in [0, 0.1) is 5.92 Å². The average Bonchev–Trinajstić information content (AvgIpc) is 2.96. The molecular formula is C16H19N3O3S. The van der Waals surface area contributed by atoms with Crippen LogP contribution in [0.15, 0.2) is 35.4 Å². The normalized spacial score (nSPS) is 20.8.